The molecule has 2 aromatic carbocycles. The summed E-state index contributed by atoms with van der Waals surface area (Å²) in [6, 6.07) is 11.6. The zero-order valence-electron chi connectivity index (χ0n) is 19.5. The van der Waals surface area contributed by atoms with Crippen LogP contribution in [0.2, 0.25) is 0 Å². The SMILES string of the molecule is CN=C(NCCc1cccc(C(=O)N(C)C)c1)NCC1(c2c(F)cccc2F)CCCC1.I. The van der Waals surface area contributed by atoms with Crippen molar-refractivity contribution >= 4 is 35.8 Å². The van der Waals surface area contributed by atoms with Crippen molar-refractivity contribution in [1.29, 1.82) is 0 Å². The van der Waals surface area contributed by atoms with E-state index in [-0.39, 0.29) is 35.4 Å². The van der Waals surface area contributed by atoms with Gasteiger partial charge in [0.15, 0.2) is 5.96 Å². The molecule has 0 saturated heterocycles. The molecule has 5 nitrogen and oxygen atoms in total. The van der Waals surface area contributed by atoms with Gasteiger partial charge in [0.2, 0.25) is 0 Å². The standard InChI is InChI=1S/C25H32F2N4O.HI/c1-28-24(29-15-12-18-8-6-9-19(16-18)23(32)31(2)3)30-17-25(13-4-5-14-25)22-20(26)10-7-11-21(22)27;/h6-11,16H,4-5,12-15,17H2,1-3H3,(H2,28,29,30);1H. The average Bonchev–Trinajstić information content (AvgIpc) is 3.25. The Morgan fingerprint density at radius 3 is 2.30 bits per heavy atom. The van der Waals surface area contributed by atoms with Crippen LogP contribution in [0, 0.1) is 11.6 Å². The predicted molar refractivity (Wildman–Crippen MR) is 139 cm³/mol. The zero-order chi connectivity index (χ0) is 23.1. The lowest BCUT2D eigenvalue weighted by Gasteiger charge is -2.31. The number of rotatable bonds is 7. The van der Waals surface area contributed by atoms with Gasteiger partial charge in [-0.2, -0.15) is 0 Å². The molecular formula is C25H33F2IN4O. The van der Waals surface area contributed by atoms with E-state index >= 15 is 0 Å². The highest BCUT2D eigenvalue weighted by molar-refractivity contribution is 14.0. The molecule has 0 spiro atoms. The van der Waals surface area contributed by atoms with E-state index in [0.717, 1.165) is 31.2 Å². The third kappa shape index (κ3) is 6.65. The van der Waals surface area contributed by atoms with E-state index in [2.05, 4.69) is 15.6 Å². The molecule has 3 rings (SSSR count). The van der Waals surface area contributed by atoms with Crippen LogP contribution >= 0.6 is 24.0 Å². The van der Waals surface area contributed by atoms with Gasteiger partial charge in [0.05, 0.1) is 0 Å². The number of benzene rings is 2. The van der Waals surface area contributed by atoms with Gasteiger partial charge >= 0.3 is 0 Å². The topological polar surface area (TPSA) is 56.7 Å². The maximum Gasteiger partial charge on any atom is 0.253 e. The van der Waals surface area contributed by atoms with Gasteiger partial charge in [-0.1, -0.05) is 31.0 Å². The van der Waals surface area contributed by atoms with Crippen LogP contribution in [0.4, 0.5) is 8.78 Å². The fraction of sp³-hybridized carbons (Fsp3) is 0.440. The molecule has 0 bridgehead atoms. The second kappa shape index (κ2) is 12.3. The Balaban J connectivity index is 0.00000385. The summed E-state index contributed by atoms with van der Waals surface area (Å²) in [4.78, 5) is 18.0. The summed E-state index contributed by atoms with van der Waals surface area (Å²) >= 11 is 0. The number of halogens is 3. The Hall–Kier alpha value is -2.23. The summed E-state index contributed by atoms with van der Waals surface area (Å²) in [6.07, 6.45) is 4.08. The van der Waals surface area contributed by atoms with E-state index in [9.17, 15) is 13.6 Å². The summed E-state index contributed by atoms with van der Waals surface area (Å²) in [5, 5.41) is 6.55. The maximum absolute atomic E-state index is 14.5. The predicted octanol–water partition coefficient (Wildman–Crippen LogP) is 4.50. The quantitative estimate of drug-likeness (QED) is 0.293. The van der Waals surface area contributed by atoms with Gasteiger partial charge in [-0.05, 0) is 49.1 Å². The Labute approximate surface area is 212 Å². The Kier molecular flexibility index (Phi) is 10.1. The van der Waals surface area contributed by atoms with Crippen LogP contribution in [0.25, 0.3) is 0 Å². The first kappa shape index (κ1) is 27.0. The molecule has 1 aliphatic rings. The largest absolute Gasteiger partial charge is 0.356 e. The number of hydrogen-bond acceptors (Lipinski definition) is 2. The number of carbonyl (C=O) groups is 1. The second-order valence-electron chi connectivity index (χ2n) is 8.59. The first-order chi connectivity index (χ1) is 15.4. The number of nitrogens with zero attached hydrogens (tertiary/aromatic N) is 2. The van der Waals surface area contributed by atoms with Crippen molar-refractivity contribution < 1.29 is 13.6 Å². The minimum Gasteiger partial charge on any atom is -0.356 e. The highest BCUT2D eigenvalue weighted by Gasteiger charge is 2.39. The Morgan fingerprint density at radius 2 is 1.70 bits per heavy atom. The lowest BCUT2D eigenvalue weighted by Crippen LogP contribution is -2.45. The molecule has 33 heavy (non-hydrogen) atoms. The molecular weight excluding hydrogens is 537 g/mol. The number of guanidine groups is 1. The van der Waals surface area contributed by atoms with Crippen molar-refractivity contribution in [1.82, 2.24) is 15.5 Å². The van der Waals surface area contributed by atoms with E-state index in [1.54, 1.807) is 26.0 Å². The number of amides is 1. The maximum atomic E-state index is 14.5. The van der Waals surface area contributed by atoms with Crippen molar-refractivity contribution in [3.05, 3.63) is 70.8 Å². The zero-order valence-corrected chi connectivity index (χ0v) is 21.8. The van der Waals surface area contributed by atoms with Gasteiger partial charge < -0.3 is 15.5 Å². The normalized spacial score (nSPS) is 15.0. The number of carbonyl (C=O) groups excluding carboxylic acids is 1. The van der Waals surface area contributed by atoms with Crippen LogP contribution in [0.3, 0.4) is 0 Å². The molecule has 1 saturated carbocycles. The van der Waals surface area contributed by atoms with Gasteiger partial charge in [-0.3, -0.25) is 9.79 Å². The van der Waals surface area contributed by atoms with Crippen molar-refractivity contribution in [2.24, 2.45) is 4.99 Å². The van der Waals surface area contributed by atoms with Crippen molar-refractivity contribution in [2.75, 3.05) is 34.2 Å². The van der Waals surface area contributed by atoms with Gasteiger partial charge in [0.25, 0.3) is 5.91 Å². The van der Waals surface area contributed by atoms with Crippen LogP contribution in [0.5, 0.6) is 0 Å². The third-order valence-electron chi connectivity index (χ3n) is 6.16. The molecule has 8 heteroatoms. The lowest BCUT2D eigenvalue weighted by molar-refractivity contribution is 0.0827. The fourth-order valence-corrected chi connectivity index (χ4v) is 4.49. The van der Waals surface area contributed by atoms with Crippen molar-refractivity contribution in [2.45, 2.75) is 37.5 Å². The molecule has 1 fully saturated rings. The molecule has 1 amide bonds. The smallest absolute Gasteiger partial charge is 0.253 e. The van der Waals surface area contributed by atoms with Crippen molar-refractivity contribution in [3.8, 4) is 0 Å². The van der Waals surface area contributed by atoms with E-state index in [0.29, 0.717) is 31.0 Å². The fourth-order valence-electron chi connectivity index (χ4n) is 4.49. The Bertz CT molecular complexity index is 954. The molecule has 2 aromatic rings. The van der Waals surface area contributed by atoms with Crippen LogP contribution in [-0.2, 0) is 11.8 Å². The van der Waals surface area contributed by atoms with Gasteiger partial charge in [-0.25, -0.2) is 8.78 Å². The number of aliphatic imine (C=N–C) groups is 1. The first-order valence-corrected chi connectivity index (χ1v) is 11.1. The third-order valence-corrected chi connectivity index (χ3v) is 6.16. The van der Waals surface area contributed by atoms with Crippen LogP contribution in [-0.4, -0.2) is 51.0 Å². The molecule has 180 valence electrons. The highest BCUT2D eigenvalue weighted by Crippen LogP contribution is 2.42. The summed E-state index contributed by atoms with van der Waals surface area (Å²) in [5.41, 5.74) is 1.31. The van der Waals surface area contributed by atoms with Gasteiger partial charge in [0, 0.05) is 50.8 Å². The van der Waals surface area contributed by atoms with Gasteiger partial charge in [0.1, 0.15) is 11.6 Å². The molecule has 0 aromatic heterocycles. The van der Waals surface area contributed by atoms with E-state index in [4.69, 9.17) is 0 Å². The van der Waals surface area contributed by atoms with Crippen LogP contribution in [0.15, 0.2) is 47.5 Å². The minimum atomic E-state index is -0.575. The molecule has 0 heterocycles. The minimum absolute atomic E-state index is 0. The highest BCUT2D eigenvalue weighted by atomic mass is 127. The lowest BCUT2D eigenvalue weighted by atomic mass is 9.78. The van der Waals surface area contributed by atoms with Crippen molar-refractivity contribution in [3.63, 3.8) is 0 Å². The molecule has 0 unspecified atom stereocenters. The average molecular weight is 570 g/mol. The van der Waals surface area contributed by atoms with E-state index in [1.807, 2.05) is 24.3 Å². The molecule has 2 N–H and O–H groups in total. The summed E-state index contributed by atoms with van der Waals surface area (Å²) in [6.45, 7) is 1.03. The summed E-state index contributed by atoms with van der Waals surface area (Å²) < 4.78 is 29.1. The Morgan fingerprint density at radius 1 is 1.06 bits per heavy atom. The molecule has 1 aliphatic carbocycles. The molecule has 0 radical (unpaired) electrons. The van der Waals surface area contributed by atoms with Gasteiger partial charge in [-0.15, -0.1) is 24.0 Å². The molecule has 0 aliphatic heterocycles. The van der Waals surface area contributed by atoms with E-state index in [1.165, 1.54) is 18.2 Å². The number of hydrogen-bond donors (Lipinski definition) is 2. The van der Waals surface area contributed by atoms with Crippen LogP contribution < -0.4 is 10.6 Å². The summed E-state index contributed by atoms with van der Waals surface area (Å²) in [7, 11) is 5.14. The first-order valence-electron chi connectivity index (χ1n) is 11.1. The molecule has 0 atom stereocenters. The monoisotopic (exact) mass is 570 g/mol. The second-order valence-corrected chi connectivity index (χ2v) is 8.59. The van der Waals surface area contributed by atoms with E-state index < -0.39 is 17.0 Å². The van der Waals surface area contributed by atoms with Crippen LogP contribution in [0.1, 0.15) is 47.2 Å². The number of nitrogens with one attached hydrogen (secondary N) is 2. The summed E-state index contributed by atoms with van der Waals surface area (Å²) in [5.74, 6) is -0.402.